The summed E-state index contributed by atoms with van der Waals surface area (Å²) in [7, 11) is 1.30. The molecule has 0 fully saturated rings. The Hall–Kier alpha value is -0.848. The van der Waals surface area contributed by atoms with E-state index in [1.165, 1.54) is 7.11 Å². The number of carbonyl (C=O) groups excluding carboxylic acids is 1. The molecule has 16 heavy (non-hydrogen) atoms. The van der Waals surface area contributed by atoms with Crippen LogP contribution in [0.2, 0.25) is 0 Å². The van der Waals surface area contributed by atoms with E-state index in [4.69, 9.17) is 0 Å². The molecule has 3 nitrogen and oxygen atoms in total. The molecule has 1 aromatic carbocycles. The van der Waals surface area contributed by atoms with Crippen LogP contribution in [0.15, 0.2) is 41.0 Å². The molecule has 1 rings (SSSR count). The minimum absolute atomic E-state index is 0. The molecular weight excluding hydrogens is 428 g/mol. The average molecular weight is 439 g/mol. The second-order valence-electron chi connectivity index (χ2n) is 2.79. The second kappa shape index (κ2) is 8.32. The van der Waals surface area contributed by atoms with Crippen LogP contribution < -0.4 is 0 Å². The van der Waals surface area contributed by atoms with E-state index in [0.717, 1.165) is 5.56 Å². The number of esters is 1. The van der Waals surface area contributed by atoms with Crippen molar-refractivity contribution in [1.82, 2.24) is 0 Å². The normalized spacial score (nSPS) is 11.0. The summed E-state index contributed by atoms with van der Waals surface area (Å²) in [5.41, 5.74) is 1.29. The summed E-state index contributed by atoms with van der Waals surface area (Å²) in [6, 6.07) is 9.43. The maximum absolute atomic E-state index is 10.8. The Balaban J connectivity index is 0.00000225. The van der Waals surface area contributed by atoms with E-state index in [9.17, 15) is 4.79 Å². The number of benzene rings is 1. The molecule has 0 bridgehead atoms. The van der Waals surface area contributed by atoms with Gasteiger partial charge in [-0.3, -0.25) is 4.79 Å². The van der Waals surface area contributed by atoms with Crippen molar-refractivity contribution in [3.8, 4) is 0 Å². The monoisotopic (exact) mass is 439 g/mol. The smallest absolute Gasteiger partial charge is 0.494 e. The molecule has 1 aromatic rings. The number of ether oxygens (including phenoxy) is 1. The first kappa shape index (κ1) is 15.2. The summed E-state index contributed by atoms with van der Waals surface area (Å²) >= 11 is 0. The van der Waals surface area contributed by atoms with Crippen LogP contribution in [0.3, 0.4) is 0 Å². The third kappa shape index (κ3) is 5.89. The number of hydrogen-bond donors (Lipinski definition) is 0. The number of nitrogens with zero attached hydrogens (tertiary/aromatic N) is 1. The zero-order chi connectivity index (χ0) is 11.1. The average Bonchev–Trinajstić information content (AvgIpc) is 2.27. The zero-order valence-corrected chi connectivity index (χ0v) is 13.3. The largest absolute Gasteiger partial charge is 2.00 e. The molecule has 0 unspecified atom stereocenters. The Labute approximate surface area is 119 Å². The first-order valence-corrected chi connectivity index (χ1v) is 4.42. The molecule has 0 aliphatic heterocycles. The zero-order valence-electron chi connectivity index (χ0n) is 9.15. The third-order valence-corrected chi connectivity index (χ3v) is 1.59. The van der Waals surface area contributed by atoms with Gasteiger partial charge in [-0.15, -0.1) is 29.8 Å². The standard InChI is InChI=1S/C12H11NO2.U/c1-10(8-12(14)15-2)13-9-11-6-4-3-5-7-11;/h3-7H,1-2H3;/q-2;+2. The van der Waals surface area contributed by atoms with E-state index < -0.39 is 5.97 Å². The summed E-state index contributed by atoms with van der Waals surface area (Å²) in [5.74, 6) is -0.536. The molecule has 0 saturated carbocycles. The van der Waals surface area contributed by atoms with E-state index in [1.807, 2.05) is 30.3 Å². The van der Waals surface area contributed by atoms with Gasteiger partial charge in [-0.25, -0.2) is 5.70 Å². The van der Waals surface area contributed by atoms with Gasteiger partial charge in [0.25, 0.3) is 0 Å². The molecule has 80 valence electrons. The van der Waals surface area contributed by atoms with Crippen LogP contribution in [-0.2, 0) is 9.53 Å². The SMILES string of the molecule is COC(=O)[C-]=C(C)N=[C-]c1ccccc1.[U+2]. The summed E-state index contributed by atoms with van der Waals surface area (Å²) in [5, 5.41) is 0. The number of methoxy groups -OCH3 is 1. The fourth-order valence-corrected chi connectivity index (χ4v) is 0.888. The van der Waals surface area contributed by atoms with Gasteiger partial charge in [-0.05, 0) is 6.21 Å². The van der Waals surface area contributed by atoms with Crippen LogP contribution in [-0.4, -0.2) is 19.3 Å². The first-order chi connectivity index (χ1) is 7.22. The van der Waals surface area contributed by atoms with Crippen molar-refractivity contribution in [2.75, 3.05) is 7.11 Å². The second-order valence-corrected chi connectivity index (χ2v) is 2.79. The topological polar surface area (TPSA) is 38.7 Å². The number of rotatable bonds is 3. The minimum atomic E-state index is -0.536. The molecular formula is C12H11NO2U. The van der Waals surface area contributed by atoms with Crippen molar-refractivity contribution in [3.05, 3.63) is 47.7 Å². The van der Waals surface area contributed by atoms with Gasteiger partial charge >= 0.3 is 31.1 Å². The Morgan fingerprint density at radius 2 is 1.94 bits per heavy atom. The van der Waals surface area contributed by atoms with Crippen LogP contribution in [0.4, 0.5) is 0 Å². The molecule has 0 saturated heterocycles. The summed E-state index contributed by atoms with van der Waals surface area (Å²) in [6.07, 6.45) is 5.22. The van der Waals surface area contributed by atoms with Crippen LogP contribution in [0.25, 0.3) is 0 Å². The van der Waals surface area contributed by atoms with E-state index in [1.54, 1.807) is 6.92 Å². The predicted octanol–water partition coefficient (Wildman–Crippen LogP) is 1.86. The fourth-order valence-electron chi connectivity index (χ4n) is 0.888. The van der Waals surface area contributed by atoms with Crippen molar-refractivity contribution in [2.24, 2.45) is 4.99 Å². The quantitative estimate of drug-likeness (QED) is 0.312. The molecule has 0 atom stereocenters. The van der Waals surface area contributed by atoms with Gasteiger partial charge in [0.05, 0.1) is 7.11 Å². The summed E-state index contributed by atoms with van der Waals surface area (Å²) in [4.78, 5) is 14.7. The summed E-state index contributed by atoms with van der Waals surface area (Å²) < 4.78 is 4.41. The van der Waals surface area contributed by atoms with Gasteiger partial charge in [0.15, 0.2) is 0 Å². The van der Waals surface area contributed by atoms with Crippen molar-refractivity contribution in [3.63, 3.8) is 0 Å². The van der Waals surface area contributed by atoms with Crippen molar-refractivity contribution in [1.29, 1.82) is 0 Å². The Bertz CT molecular complexity index is 385. The van der Waals surface area contributed by atoms with Crippen molar-refractivity contribution >= 4 is 12.2 Å². The molecule has 0 aliphatic carbocycles. The van der Waals surface area contributed by atoms with E-state index >= 15 is 0 Å². The molecule has 0 aliphatic rings. The van der Waals surface area contributed by atoms with E-state index in [2.05, 4.69) is 22.0 Å². The molecule has 0 amide bonds. The Morgan fingerprint density at radius 3 is 2.50 bits per heavy atom. The Kier molecular flexibility index (Phi) is 7.88. The molecule has 0 heterocycles. The van der Waals surface area contributed by atoms with Gasteiger partial charge in [0.1, 0.15) is 5.97 Å². The number of allylic oxidation sites excluding steroid dienone is 1. The Morgan fingerprint density at radius 1 is 1.31 bits per heavy atom. The molecule has 0 radical (unpaired) electrons. The van der Waals surface area contributed by atoms with Crippen LogP contribution in [0.5, 0.6) is 0 Å². The number of aliphatic imine (C=N–C) groups is 1. The van der Waals surface area contributed by atoms with Gasteiger partial charge < -0.3 is 15.8 Å². The predicted molar refractivity (Wildman–Crippen MR) is 57.4 cm³/mol. The molecule has 0 aromatic heterocycles. The van der Waals surface area contributed by atoms with Gasteiger partial charge in [0, 0.05) is 0 Å². The van der Waals surface area contributed by atoms with E-state index in [0.29, 0.717) is 5.70 Å². The van der Waals surface area contributed by atoms with Crippen LogP contribution >= 0.6 is 0 Å². The van der Waals surface area contributed by atoms with Crippen molar-refractivity contribution in [2.45, 2.75) is 6.92 Å². The summed E-state index contributed by atoms with van der Waals surface area (Å²) in [6.45, 7) is 1.66. The van der Waals surface area contributed by atoms with Gasteiger partial charge in [-0.1, -0.05) is 13.0 Å². The van der Waals surface area contributed by atoms with Gasteiger partial charge in [-0.2, -0.15) is 0 Å². The fraction of sp³-hybridized carbons (Fsp3) is 0.167. The van der Waals surface area contributed by atoms with Gasteiger partial charge in [0.2, 0.25) is 0 Å². The number of hydrogen-bond acceptors (Lipinski definition) is 3. The minimum Gasteiger partial charge on any atom is -0.494 e. The van der Waals surface area contributed by atoms with Crippen molar-refractivity contribution < 1.29 is 40.6 Å². The van der Waals surface area contributed by atoms with E-state index in [-0.39, 0.29) is 31.1 Å². The van der Waals surface area contributed by atoms with Crippen LogP contribution in [0, 0.1) is 37.2 Å². The first-order valence-electron chi connectivity index (χ1n) is 4.42. The van der Waals surface area contributed by atoms with Crippen LogP contribution in [0.1, 0.15) is 12.5 Å². The molecule has 0 N–H and O–H groups in total. The molecule has 0 spiro atoms. The number of carbonyl (C=O) groups is 1. The maximum Gasteiger partial charge on any atom is 2.00 e. The third-order valence-electron chi connectivity index (χ3n) is 1.59. The molecule has 4 heteroatoms. The maximum atomic E-state index is 10.8.